The fraction of sp³-hybridized carbons (Fsp3) is 0.455. The standard InChI is InChI=1S/C11H14N2O6/c14-5-8-9(15)10(16)11(19-8)12-6-2-1-3-7(4-6)13(17)18/h1-4,8-12,14-16H,5H2/t8-,9+,10+,11+/m0/s1. The molecule has 0 radical (unpaired) electrons. The summed E-state index contributed by atoms with van der Waals surface area (Å²) in [5.74, 6) is 0. The number of non-ortho nitro benzene ring substituents is 1. The lowest BCUT2D eigenvalue weighted by Gasteiger charge is -2.17. The number of nitrogens with zero attached hydrogens (tertiary/aromatic N) is 1. The Kier molecular flexibility index (Phi) is 3.96. The van der Waals surface area contributed by atoms with Gasteiger partial charge in [0.25, 0.3) is 5.69 Å². The van der Waals surface area contributed by atoms with Crippen LogP contribution < -0.4 is 5.32 Å². The second-order valence-electron chi connectivity index (χ2n) is 4.21. The van der Waals surface area contributed by atoms with Crippen molar-refractivity contribution < 1.29 is 25.0 Å². The number of hydrogen-bond donors (Lipinski definition) is 4. The predicted molar refractivity (Wildman–Crippen MR) is 64.5 cm³/mol. The van der Waals surface area contributed by atoms with Gasteiger partial charge in [0.1, 0.15) is 18.3 Å². The van der Waals surface area contributed by atoms with E-state index in [0.29, 0.717) is 5.69 Å². The van der Waals surface area contributed by atoms with Crippen molar-refractivity contribution in [2.24, 2.45) is 0 Å². The Bertz CT molecular complexity index is 468. The maximum Gasteiger partial charge on any atom is 0.271 e. The maximum absolute atomic E-state index is 10.6. The van der Waals surface area contributed by atoms with Gasteiger partial charge in [-0.2, -0.15) is 0 Å². The smallest absolute Gasteiger partial charge is 0.271 e. The van der Waals surface area contributed by atoms with E-state index in [-0.39, 0.29) is 5.69 Å². The molecule has 0 saturated carbocycles. The highest BCUT2D eigenvalue weighted by atomic mass is 16.6. The lowest BCUT2D eigenvalue weighted by atomic mass is 10.1. The summed E-state index contributed by atoms with van der Waals surface area (Å²) in [6, 6.07) is 5.68. The van der Waals surface area contributed by atoms with Crippen LogP contribution in [0.15, 0.2) is 24.3 Å². The van der Waals surface area contributed by atoms with Crippen molar-refractivity contribution in [3.8, 4) is 0 Å². The zero-order valence-electron chi connectivity index (χ0n) is 9.84. The Hall–Kier alpha value is -1.74. The van der Waals surface area contributed by atoms with E-state index in [2.05, 4.69) is 5.32 Å². The van der Waals surface area contributed by atoms with Gasteiger partial charge in [0.15, 0.2) is 6.23 Å². The van der Waals surface area contributed by atoms with Gasteiger partial charge in [0.2, 0.25) is 0 Å². The van der Waals surface area contributed by atoms with Gasteiger partial charge in [0, 0.05) is 17.8 Å². The van der Waals surface area contributed by atoms with Gasteiger partial charge in [-0.1, -0.05) is 6.07 Å². The number of ether oxygens (including phenoxy) is 1. The lowest BCUT2D eigenvalue weighted by molar-refractivity contribution is -0.384. The minimum absolute atomic E-state index is 0.100. The van der Waals surface area contributed by atoms with Crippen LogP contribution >= 0.6 is 0 Å². The van der Waals surface area contributed by atoms with Crippen LogP contribution in [-0.2, 0) is 4.74 Å². The summed E-state index contributed by atoms with van der Waals surface area (Å²) >= 11 is 0. The number of rotatable bonds is 4. The molecule has 104 valence electrons. The van der Waals surface area contributed by atoms with Crippen molar-refractivity contribution in [3.05, 3.63) is 34.4 Å². The number of nitro benzene ring substituents is 1. The van der Waals surface area contributed by atoms with Gasteiger partial charge in [-0.25, -0.2) is 0 Å². The highest BCUT2D eigenvalue weighted by Crippen LogP contribution is 2.24. The molecule has 8 nitrogen and oxygen atoms in total. The number of aliphatic hydroxyl groups is 3. The lowest BCUT2D eigenvalue weighted by Crippen LogP contribution is -2.36. The molecule has 1 fully saturated rings. The van der Waals surface area contributed by atoms with E-state index in [1.54, 1.807) is 6.07 Å². The van der Waals surface area contributed by atoms with Crippen LogP contribution in [0.25, 0.3) is 0 Å². The molecule has 0 spiro atoms. The zero-order valence-corrected chi connectivity index (χ0v) is 9.84. The third-order valence-corrected chi connectivity index (χ3v) is 2.91. The highest BCUT2D eigenvalue weighted by molar-refractivity contribution is 5.51. The van der Waals surface area contributed by atoms with E-state index >= 15 is 0 Å². The molecular formula is C11H14N2O6. The van der Waals surface area contributed by atoms with E-state index in [1.165, 1.54) is 18.2 Å². The first-order chi connectivity index (χ1) is 9.02. The van der Waals surface area contributed by atoms with Crippen LogP contribution in [-0.4, -0.2) is 51.4 Å². The Morgan fingerprint density at radius 2 is 2.11 bits per heavy atom. The largest absolute Gasteiger partial charge is 0.394 e. The van der Waals surface area contributed by atoms with Gasteiger partial charge in [-0.15, -0.1) is 0 Å². The van der Waals surface area contributed by atoms with E-state index < -0.39 is 36.1 Å². The number of aliphatic hydroxyl groups excluding tert-OH is 3. The first-order valence-corrected chi connectivity index (χ1v) is 5.66. The number of hydrogen-bond acceptors (Lipinski definition) is 7. The van der Waals surface area contributed by atoms with Crippen LogP contribution in [0.3, 0.4) is 0 Å². The predicted octanol–water partition coefficient (Wildman–Crippen LogP) is -0.554. The second kappa shape index (κ2) is 5.49. The minimum Gasteiger partial charge on any atom is -0.394 e. The molecule has 1 aromatic rings. The number of nitro groups is 1. The molecule has 0 unspecified atom stereocenters. The Labute approximate surface area is 108 Å². The number of nitrogens with one attached hydrogen (secondary N) is 1. The van der Waals surface area contributed by atoms with Gasteiger partial charge in [-0.05, 0) is 6.07 Å². The van der Waals surface area contributed by atoms with Gasteiger partial charge in [0.05, 0.1) is 11.5 Å². The molecule has 0 bridgehead atoms. The molecule has 0 aliphatic carbocycles. The minimum atomic E-state index is -1.23. The zero-order chi connectivity index (χ0) is 14.0. The van der Waals surface area contributed by atoms with E-state index in [0.717, 1.165) is 0 Å². The molecule has 1 aliphatic rings. The third kappa shape index (κ3) is 2.82. The third-order valence-electron chi connectivity index (χ3n) is 2.91. The van der Waals surface area contributed by atoms with Gasteiger partial charge >= 0.3 is 0 Å². The van der Waals surface area contributed by atoms with Crippen LogP contribution in [0, 0.1) is 10.1 Å². The molecule has 1 saturated heterocycles. The molecule has 0 amide bonds. The van der Waals surface area contributed by atoms with Gasteiger partial charge in [-0.3, -0.25) is 10.1 Å². The normalized spacial score (nSPS) is 30.3. The second-order valence-corrected chi connectivity index (χ2v) is 4.21. The molecule has 8 heteroatoms. The molecule has 2 rings (SSSR count). The summed E-state index contributed by atoms with van der Waals surface area (Å²) in [7, 11) is 0. The average molecular weight is 270 g/mol. The van der Waals surface area contributed by atoms with Crippen molar-refractivity contribution in [2.45, 2.75) is 24.5 Å². The van der Waals surface area contributed by atoms with Crippen LogP contribution in [0.5, 0.6) is 0 Å². The summed E-state index contributed by atoms with van der Waals surface area (Å²) in [4.78, 5) is 10.1. The quantitative estimate of drug-likeness (QED) is 0.427. The topological polar surface area (TPSA) is 125 Å². The number of benzene rings is 1. The summed E-state index contributed by atoms with van der Waals surface area (Å²) in [6.07, 6.45) is -4.25. The van der Waals surface area contributed by atoms with Crippen molar-refractivity contribution in [3.63, 3.8) is 0 Å². The molecule has 1 heterocycles. The summed E-state index contributed by atoms with van der Waals surface area (Å²) < 4.78 is 5.21. The number of anilines is 1. The average Bonchev–Trinajstić information content (AvgIpc) is 2.67. The summed E-state index contributed by atoms with van der Waals surface area (Å²) in [5.41, 5.74) is 0.279. The Balaban J connectivity index is 2.09. The van der Waals surface area contributed by atoms with E-state index in [9.17, 15) is 20.3 Å². The maximum atomic E-state index is 10.6. The van der Waals surface area contributed by atoms with Crippen LogP contribution in [0.2, 0.25) is 0 Å². The fourth-order valence-corrected chi connectivity index (χ4v) is 1.89. The van der Waals surface area contributed by atoms with Crippen molar-refractivity contribution in [1.29, 1.82) is 0 Å². The highest BCUT2D eigenvalue weighted by Gasteiger charge is 2.42. The summed E-state index contributed by atoms with van der Waals surface area (Å²) in [5, 5.41) is 41.6. The molecule has 0 aromatic heterocycles. The molecule has 19 heavy (non-hydrogen) atoms. The van der Waals surface area contributed by atoms with Crippen molar-refractivity contribution >= 4 is 11.4 Å². The van der Waals surface area contributed by atoms with E-state index in [1.807, 2.05) is 0 Å². The molecule has 4 N–H and O–H groups in total. The molecule has 1 aromatic carbocycles. The Morgan fingerprint density at radius 1 is 1.37 bits per heavy atom. The fourth-order valence-electron chi connectivity index (χ4n) is 1.89. The summed E-state index contributed by atoms with van der Waals surface area (Å²) in [6.45, 7) is -0.425. The van der Waals surface area contributed by atoms with E-state index in [4.69, 9.17) is 9.84 Å². The monoisotopic (exact) mass is 270 g/mol. The van der Waals surface area contributed by atoms with Crippen molar-refractivity contribution in [1.82, 2.24) is 0 Å². The SMILES string of the molecule is O=[N+]([O-])c1cccc(N[C@@H]2O[C@@H](CO)[C@@H](O)[C@H]2O)c1. The van der Waals surface area contributed by atoms with Crippen LogP contribution in [0.4, 0.5) is 11.4 Å². The van der Waals surface area contributed by atoms with Gasteiger partial charge < -0.3 is 25.4 Å². The molecule has 1 aliphatic heterocycles. The van der Waals surface area contributed by atoms with Crippen LogP contribution in [0.1, 0.15) is 0 Å². The van der Waals surface area contributed by atoms with Crippen molar-refractivity contribution in [2.75, 3.05) is 11.9 Å². The molecular weight excluding hydrogens is 256 g/mol. The first kappa shape index (κ1) is 13.7. The molecule has 4 atom stereocenters. The Morgan fingerprint density at radius 3 is 2.68 bits per heavy atom. The first-order valence-electron chi connectivity index (χ1n) is 5.66.